The molecule has 3 nitrogen and oxygen atoms in total. The molecule has 1 heterocycles. The van der Waals surface area contributed by atoms with Gasteiger partial charge in [-0.25, -0.2) is 0 Å². The molecule has 1 aliphatic heterocycles. The van der Waals surface area contributed by atoms with Crippen molar-refractivity contribution < 1.29 is 10.2 Å². The van der Waals surface area contributed by atoms with Gasteiger partial charge in [0.05, 0.1) is 6.10 Å². The molecule has 0 unspecified atom stereocenters. The number of phenols is 1. The first-order valence-corrected chi connectivity index (χ1v) is 7.83. The van der Waals surface area contributed by atoms with Crippen molar-refractivity contribution in [1.29, 1.82) is 0 Å². The zero-order valence-corrected chi connectivity index (χ0v) is 12.0. The quantitative estimate of drug-likeness (QED) is 0.763. The minimum Gasteiger partial charge on any atom is -0.508 e. The number of hydrogen-bond donors (Lipinski definition) is 2. The summed E-state index contributed by atoms with van der Waals surface area (Å²) >= 11 is 0. The van der Waals surface area contributed by atoms with Gasteiger partial charge in [0, 0.05) is 11.5 Å². The number of piperidine rings is 1. The summed E-state index contributed by atoms with van der Waals surface area (Å²) in [7, 11) is 2.23. The van der Waals surface area contributed by atoms with Gasteiger partial charge in [0.15, 0.2) is 0 Å². The highest BCUT2D eigenvalue weighted by atomic mass is 16.3. The smallest absolute Gasteiger partial charge is 0.115 e. The van der Waals surface area contributed by atoms with E-state index < -0.39 is 0 Å². The van der Waals surface area contributed by atoms with Crippen LogP contribution in [0.2, 0.25) is 0 Å². The van der Waals surface area contributed by atoms with E-state index in [2.05, 4.69) is 11.9 Å². The van der Waals surface area contributed by atoms with Crippen molar-refractivity contribution in [3.05, 3.63) is 29.3 Å². The van der Waals surface area contributed by atoms with Gasteiger partial charge >= 0.3 is 0 Å². The Morgan fingerprint density at radius 3 is 3.00 bits per heavy atom. The zero-order chi connectivity index (χ0) is 13.9. The molecule has 0 radical (unpaired) electrons. The number of aromatic hydroxyl groups is 1. The summed E-state index contributed by atoms with van der Waals surface area (Å²) in [4.78, 5) is 2.49. The highest BCUT2D eigenvalue weighted by molar-refractivity contribution is 5.45. The molecule has 0 aromatic heterocycles. The fraction of sp³-hybridized carbons (Fsp3) is 0.647. The Bertz CT molecular complexity index is 544. The Morgan fingerprint density at radius 1 is 1.30 bits per heavy atom. The van der Waals surface area contributed by atoms with Crippen molar-refractivity contribution in [3.63, 3.8) is 0 Å². The van der Waals surface area contributed by atoms with Crippen molar-refractivity contribution >= 4 is 0 Å². The summed E-state index contributed by atoms with van der Waals surface area (Å²) in [6.45, 7) is 1.13. The molecule has 3 aliphatic rings. The van der Waals surface area contributed by atoms with Gasteiger partial charge in [-0.05, 0) is 68.5 Å². The minimum atomic E-state index is -0.365. The molecule has 0 amide bonds. The third-order valence-corrected chi connectivity index (χ3v) is 6.18. The first kappa shape index (κ1) is 12.7. The van der Waals surface area contributed by atoms with Gasteiger partial charge in [0.2, 0.25) is 0 Å². The molecule has 4 atom stereocenters. The molecule has 2 N–H and O–H groups in total. The lowest BCUT2D eigenvalue weighted by atomic mass is 9.52. The average Bonchev–Trinajstić information content (AvgIpc) is 2.43. The first-order chi connectivity index (χ1) is 9.62. The second-order valence-electron chi connectivity index (χ2n) is 6.98. The number of aliphatic hydroxyl groups is 1. The summed E-state index contributed by atoms with van der Waals surface area (Å²) < 4.78 is 0. The summed E-state index contributed by atoms with van der Waals surface area (Å²) in [6, 6.07) is 6.18. The molecular formula is C17H23NO2. The average molecular weight is 273 g/mol. The maximum atomic E-state index is 10.5. The van der Waals surface area contributed by atoms with Crippen LogP contribution in [0.5, 0.6) is 5.75 Å². The van der Waals surface area contributed by atoms with Crippen molar-refractivity contribution in [1.82, 2.24) is 4.90 Å². The molecule has 4 rings (SSSR count). The van der Waals surface area contributed by atoms with Gasteiger partial charge in [-0.2, -0.15) is 0 Å². The summed E-state index contributed by atoms with van der Waals surface area (Å²) in [5.41, 5.74) is 2.49. The van der Waals surface area contributed by atoms with Crippen LogP contribution in [0.15, 0.2) is 18.2 Å². The van der Waals surface area contributed by atoms with Gasteiger partial charge in [0.1, 0.15) is 5.75 Å². The number of fused-ring (bicyclic) bond motifs is 1. The Kier molecular flexibility index (Phi) is 2.67. The fourth-order valence-corrected chi connectivity index (χ4v) is 5.25. The van der Waals surface area contributed by atoms with Crippen LogP contribution in [0, 0.1) is 5.92 Å². The molecule has 1 saturated carbocycles. The summed E-state index contributed by atoms with van der Waals surface area (Å²) in [6.07, 6.45) is 5.41. The number of phenolic OH excluding ortho intramolecular Hbond substituents is 1. The van der Waals surface area contributed by atoms with Gasteiger partial charge in [-0.3, -0.25) is 0 Å². The third kappa shape index (κ3) is 1.54. The zero-order valence-electron chi connectivity index (χ0n) is 12.0. The van der Waals surface area contributed by atoms with E-state index >= 15 is 0 Å². The topological polar surface area (TPSA) is 43.7 Å². The molecule has 2 aliphatic carbocycles. The minimum absolute atomic E-state index is 0.197. The molecule has 1 aromatic carbocycles. The standard InChI is InChI=1S/C17H23NO2/c1-18-8-7-17-6-2-3-15(18)14(17)10-16(20)12-5-4-11(19)9-13(12)17/h4-5,9,14-16,19-20H,2-3,6-8,10H2,1H3/t14-,15+,16-,17+/m1/s1. The lowest BCUT2D eigenvalue weighted by molar-refractivity contribution is -0.0372. The summed E-state index contributed by atoms with van der Waals surface area (Å²) in [5, 5.41) is 20.4. The van der Waals surface area contributed by atoms with E-state index in [1.165, 1.54) is 24.8 Å². The largest absolute Gasteiger partial charge is 0.508 e. The van der Waals surface area contributed by atoms with E-state index in [1.54, 1.807) is 6.07 Å². The first-order valence-electron chi connectivity index (χ1n) is 7.83. The van der Waals surface area contributed by atoms with Crippen LogP contribution in [0.25, 0.3) is 0 Å². The summed E-state index contributed by atoms with van der Waals surface area (Å²) in [5.74, 6) is 0.881. The molecule has 2 fully saturated rings. The number of rotatable bonds is 0. The van der Waals surface area contributed by atoms with E-state index in [4.69, 9.17) is 0 Å². The number of aliphatic hydroxyl groups excluding tert-OH is 1. The van der Waals surface area contributed by atoms with Crippen molar-refractivity contribution in [2.75, 3.05) is 13.6 Å². The molecule has 2 bridgehead atoms. The normalized spacial score (nSPS) is 40.0. The van der Waals surface area contributed by atoms with E-state index in [0.717, 1.165) is 24.9 Å². The Labute approximate surface area is 120 Å². The van der Waals surface area contributed by atoms with E-state index in [9.17, 15) is 10.2 Å². The molecule has 1 aromatic rings. The van der Waals surface area contributed by atoms with Gasteiger partial charge in [0.25, 0.3) is 0 Å². The Hall–Kier alpha value is -1.06. The van der Waals surface area contributed by atoms with Crippen LogP contribution < -0.4 is 0 Å². The predicted molar refractivity (Wildman–Crippen MR) is 77.7 cm³/mol. The SMILES string of the molecule is CN1CC[C@]23CCC[C@H]1[C@H]2C[C@@H](O)c1ccc(O)cc13. The molecule has 108 valence electrons. The van der Waals surface area contributed by atoms with Gasteiger partial charge in [-0.15, -0.1) is 0 Å². The third-order valence-electron chi connectivity index (χ3n) is 6.18. The molecule has 20 heavy (non-hydrogen) atoms. The lowest BCUT2D eigenvalue weighted by Gasteiger charge is -2.59. The fourth-order valence-electron chi connectivity index (χ4n) is 5.25. The number of benzene rings is 1. The van der Waals surface area contributed by atoms with Gasteiger partial charge < -0.3 is 15.1 Å². The monoisotopic (exact) mass is 273 g/mol. The highest BCUT2D eigenvalue weighted by Crippen LogP contribution is 2.58. The van der Waals surface area contributed by atoms with Crippen LogP contribution in [-0.4, -0.2) is 34.7 Å². The lowest BCUT2D eigenvalue weighted by Crippen LogP contribution is -2.59. The van der Waals surface area contributed by atoms with E-state index in [-0.39, 0.29) is 11.5 Å². The van der Waals surface area contributed by atoms with E-state index in [0.29, 0.717) is 17.7 Å². The second kappa shape index (κ2) is 4.22. The van der Waals surface area contributed by atoms with Crippen molar-refractivity contribution in [3.8, 4) is 5.75 Å². The van der Waals surface area contributed by atoms with Crippen molar-refractivity contribution in [2.45, 2.75) is 49.7 Å². The van der Waals surface area contributed by atoms with Crippen LogP contribution in [0.1, 0.15) is 49.3 Å². The van der Waals surface area contributed by atoms with E-state index in [1.807, 2.05) is 12.1 Å². The van der Waals surface area contributed by atoms with Crippen LogP contribution in [-0.2, 0) is 5.41 Å². The van der Waals surface area contributed by atoms with Gasteiger partial charge in [-0.1, -0.05) is 12.5 Å². The maximum absolute atomic E-state index is 10.5. The Morgan fingerprint density at radius 2 is 2.15 bits per heavy atom. The Balaban J connectivity index is 1.90. The molecule has 0 spiro atoms. The van der Waals surface area contributed by atoms with Crippen LogP contribution in [0.4, 0.5) is 0 Å². The maximum Gasteiger partial charge on any atom is 0.115 e. The predicted octanol–water partition coefficient (Wildman–Crippen LogP) is 2.57. The molecule has 1 saturated heterocycles. The van der Waals surface area contributed by atoms with Crippen LogP contribution >= 0.6 is 0 Å². The highest BCUT2D eigenvalue weighted by Gasteiger charge is 2.54. The molecular weight excluding hydrogens is 250 g/mol. The van der Waals surface area contributed by atoms with Crippen molar-refractivity contribution in [2.24, 2.45) is 5.92 Å². The molecule has 3 heteroatoms. The number of likely N-dealkylation sites (tertiary alicyclic amines) is 1. The number of nitrogens with zero attached hydrogens (tertiary/aromatic N) is 1. The second-order valence-corrected chi connectivity index (χ2v) is 6.98. The number of hydrogen-bond acceptors (Lipinski definition) is 3. The van der Waals surface area contributed by atoms with Crippen LogP contribution in [0.3, 0.4) is 0 Å².